The maximum Gasteiger partial charge on any atom is 0.313 e. The minimum Gasteiger partial charge on any atom is -0.515 e. The molecule has 126 valence electrons. The smallest absolute Gasteiger partial charge is 0.313 e. The number of rotatable bonds is 5. The fraction of sp³-hybridized carbons (Fsp3) is 0.158. The van der Waals surface area contributed by atoms with Gasteiger partial charge in [-0.3, -0.25) is 4.79 Å². The van der Waals surface area contributed by atoms with Gasteiger partial charge >= 0.3 is 7.41 Å². The third-order valence-electron chi connectivity index (χ3n) is 4.47. The van der Waals surface area contributed by atoms with Crippen molar-refractivity contribution in [2.45, 2.75) is 18.9 Å². The Balaban J connectivity index is 1.78. The number of benzene rings is 2. The Labute approximate surface area is 145 Å². The molecule has 1 aliphatic heterocycles. The van der Waals surface area contributed by atoms with Crippen LogP contribution < -0.4 is 0 Å². The van der Waals surface area contributed by atoms with Crippen molar-refractivity contribution in [1.82, 2.24) is 4.81 Å². The van der Waals surface area contributed by atoms with E-state index in [2.05, 4.69) is 0 Å². The average molecular weight is 337 g/mol. The molecule has 2 aromatic rings. The summed E-state index contributed by atoms with van der Waals surface area (Å²) in [5.41, 5.74) is 2.62. The molecule has 0 radical (unpaired) electrons. The van der Waals surface area contributed by atoms with Crippen LogP contribution in [0.25, 0.3) is 11.1 Å². The highest BCUT2D eigenvalue weighted by Crippen LogP contribution is 2.27. The molecule has 2 aromatic carbocycles. The molecule has 0 aliphatic carbocycles. The first-order valence-electron chi connectivity index (χ1n) is 8.05. The molecule has 0 bridgehead atoms. The summed E-state index contributed by atoms with van der Waals surface area (Å²) in [7, 11) is 0.00809. The van der Waals surface area contributed by atoms with Crippen molar-refractivity contribution >= 4 is 19.5 Å². The van der Waals surface area contributed by atoms with E-state index < -0.39 is 0 Å². The topological polar surface area (TPSA) is 57.6 Å². The number of nitrogens with zero attached hydrogens (tertiary/aromatic N) is 1. The van der Waals surface area contributed by atoms with Crippen molar-refractivity contribution < 1.29 is 19.1 Å². The number of hydrogen-bond donors (Lipinski definition) is 1. The van der Waals surface area contributed by atoms with Crippen molar-refractivity contribution in [3.05, 3.63) is 71.7 Å². The van der Waals surface area contributed by atoms with Crippen LogP contribution in [0.5, 0.6) is 0 Å². The molecule has 3 rings (SSSR count). The minimum atomic E-state index is -0.303. The normalized spacial score (nSPS) is 18.6. The second-order valence-corrected chi connectivity index (χ2v) is 6.02. The summed E-state index contributed by atoms with van der Waals surface area (Å²) in [4.78, 5) is 24.4. The second kappa shape index (κ2) is 7.34. The average Bonchev–Trinajstić information content (AvgIpc) is 2.92. The van der Waals surface area contributed by atoms with Crippen LogP contribution in [0, 0.1) is 5.82 Å². The van der Waals surface area contributed by atoms with Gasteiger partial charge in [-0.15, -0.1) is 0 Å². The summed E-state index contributed by atoms with van der Waals surface area (Å²) >= 11 is 0. The van der Waals surface area contributed by atoms with Crippen molar-refractivity contribution in [1.29, 1.82) is 0 Å². The van der Waals surface area contributed by atoms with E-state index in [0.29, 0.717) is 30.2 Å². The quantitative estimate of drug-likeness (QED) is 0.395. The van der Waals surface area contributed by atoms with Gasteiger partial charge in [-0.2, -0.15) is 0 Å². The molecule has 0 aromatic heterocycles. The predicted molar refractivity (Wildman–Crippen MR) is 95.4 cm³/mol. The van der Waals surface area contributed by atoms with Crippen LogP contribution in [0.3, 0.4) is 0 Å². The largest absolute Gasteiger partial charge is 0.515 e. The highest BCUT2D eigenvalue weighted by atomic mass is 19.1. The lowest BCUT2D eigenvalue weighted by molar-refractivity contribution is -0.121. The van der Waals surface area contributed by atoms with Crippen LogP contribution in [0.15, 0.2) is 60.4 Å². The van der Waals surface area contributed by atoms with Gasteiger partial charge < -0.3 is 14.7 Å². The molecule has 1 saturated heterocycles. The van der Waals surface area contributed by atoms with E-state index in [9.17, 15) is 14.0 Å². The summed E-state index contributed by atoms with van der Waals surface area (Å²) in [6.07, 6.45) is 2.47. The SMILES string of the molecule is O=CBN1C(=O)/C(=C\O)C[C@H]1Cc1ccc(-c2ccccc2F)cc1. The maximum absolute atomic E-state index is 13.9. The van der Waals surface area contributed by atoms with Gasteiger partial charge in [-0.25, -0.2) is 4.39 Å². The highest BCUT2D eigenvalue weighted by Gasteiger charge is 2.35. The van der Waals surface area contributed by atoms with E-state index in [1.807, 2.05) is 24.3 Å². The molecule has 0 saturated carbocycles. The minimum absolute atomic E-state index is 0.00809. The van der Waals surface area contributed by atoms with E-state index in [0.717, 1.165) is 17.4 Å². The molecule has 1 fully saturated rings. The summed E-state index contributed by atoms with van der Waals surface area (Å²) in [6.45, 7) is 0. The zero-order chi connectivity index (χ0) is 17.8. The number of aliphatic hydroxyl groups excluding tert-OH is 1. The van der Waals surface area contributed by atoms with Crippen molar-refractivity contribution in [2.24, 2.45) is 0 Å². The van der Waals surface area contributed by atoms with E-state index in [1.54, 1.807) is 18.2 Å². The Bertz CT molecular complexity index is 820. The maximum atomic E-state index is 13.9. The lowest BCUT2D eigenvalue weighted by atomic mass is 9.91. The highest BCUT2D eigenvalue weighted by molar-refractivity contribution is 6.66. The molecular weight excluding hydrogens is 320 g/mol. The van der Waals surface area contributed by atoms with Crippen LogP contribution in [0.1, 0.15) is 12.0 Å². The van der Waals surface area contributed by atoms with Gasteiger partial charge in [0, 0.05) is 18.0 Å². The molecular formula is C19H17BFNO3. The van der Waals surface area contributed by atoms with Gasteiger partial charge in [-0.05, 0) is 23.6 Å². The standard InChI is InChI=1S/C19H17BFNO3/c21-18-4-2-1-3-17(18)14-7-5-13(6-8-14)9-16-10-15(11-23)19(25)22(16)20-12-24/h1-8,11-12,16,20,23H,9-10H2/b15-11-/t16-/m1/s1. The molecule has 1 N–H and O–H groups in total. The van der Waals surface area contributed by atoms with Gasteiger partial charge in [0.1, 0.15) is 12.0 Å². The lowest BCUT2D eigenvalue weighted by Crippen LogP contribution is -2.38. The number of halogens is 1. The van der Waals surface area contributed by atoms with E-state index in [-0.39, 0.29) is 25.2 Å². The predicted octanol–water partition coefficient (Wildman–Crippen LogP) is 2.62. The van der Waals surface area contributed by atoms with E-state index >= 15 is 0 Å². The first-order valence-corrected chi connectivity index (χ1v) is 8.05. The molecule has 1 aliphatic rings. The Morgan fingerprint density at radius 3 is 2.56 bits per heavy atom. The Hall–Kier alpha value is -2.89. The van der Waals surface area contributed by atoms with Crippen LogP contribution in [-0.2, 0) is 16.0 Å². The molecule has 6 heteroatoms. The van der Waals surface area contributed by atoms with Gasteiger partial charge in [0.25, 0.3) is 0 Å². The fourth-order valence-electron chi connectivity index (χ4n) is 3.19. The Morgan fingerprint density at radius 1 is 1.20 bits per heavy atom. The lowest BCUT2D eigenvalue weighted by Gasteiger charge is -2.22. The first-order chi connectivity index (χ1) is 12.1. The number of aliphatic hydroxyl groups is 1. The number of carbonyl (C=O) groups excluding carboxylic acids is 2. The van der Waals surface area contributed by atoms with Gasteiger partial charge in [0.15, 0.2) is 0 Å². The number of carbonyl (C=O) groups is 2. The van der Waals surface area contributed by atoms with Crippen LogP contribution in [0.4, 0.5) is 4.39 Å². The van der Waals surface area contributed by atoms with Crippen LogP contribution >= 0.6 is 0 Å². The van der Waals surface area contributed by atoms with Crippen molar-refractivity contribution in [3.8, 4) is 11.1 Å². The molecule has 25 heavy (non-hydrogen) atoms. The molecule has 0 unspecified atom stereocenters. The Morgan fingerprint density at radius 2 is 1.92 bits per heavy atom. The zero-order valence-electron chi connectivity index (χ0n) is 13.6. The first kappa shape index (κ1) is 17.0. The summed E-state index contributed by atoms with van der Waals surface area (Å²) in [5, 5.41) is 9.16. The fourth-order valence-corrected chi connectivity index (χ4v) is 3.19. The third-order valence-corrected chi connectivity index (χ3v) is 4.47. The van der Waals surface area contributed by atoms with E-state index in [1.165, 1.54) is 10.9 Å². The Kier molecular flexibility index (Phi) is 4.98. The summed E-state index contributed by atoms with van der Waals surface area (Å²) in [5.74, 6) is -0.575. The van der Waals surface area contributed by atoms with Crippen LogP contribution in [0.2, 0.25) is 0 Å². The molecule has 1 heterocycles. The van der Waals surface area contributed by atoms with Crippen molar-refractivity contribution in [2.75, 3.05) is 0 Å². The van der Waals surface area contributed by atoms with Gasteiger partial charge in [-0.1, -0.05) is 42.5 Å². The van der Waals surface area contributed by atoms with E-state index in [4.69, 9.17) is 5.11 Å². The van der Waals surface area contributed by atoms with Gasteiger partial charge in [0.2, 0.25) is 5.91 Å². The monoisotopic (exact) mass is 337 g/mol. The second-order valence-electron chi connectivity index (χ2n) is 6.02. The number of hydrogen-bond acceptors (Lipinski definition) is 3. The molecule has 1 atom stereocenters. The third kappa shape index (κ3) is 3.48. The molecule has 4 nitrogen and oxygen atoms in total. The van der Waals surface area contributed by atoms with Gasteiger partial charge in [0.05, 0.1) is 11.8 Å². The molecule has 0 spiro atoms. The number of amides is 1. The summed E-state index contributed by atoms with van der Waals surface area (Å²) < 4.78 is 13.9. The molecule has 1 amide bonds. The van der Waals surface area contributed by atoms with Crippen molar-refractivity contribution in [3.63, 3.8) is 0 Å². The summed E-state index contributed by atoms with van der Waals surface area (Å²) in [6, 6.07) is 13.9. The zero-order valence-corrected chi connectivity index (χ0v) is 13.6. The van der Waals surface area contributed by atoms with Crippen LogP contribution in [-0.4, -0.2) is 35.5 Å².